The van der Waals surface area contributed by atoms with Crippen molar-refractivity contribution in [3.8, 4) is 59.7 Å². The number of aryl methyl sites for hydroxylation is 1. The molecule has 21 nitrogen and oxygen atoms in total. The lowest BCUT2D eigenvalue weighted by Crippen LogP contribution is -2.12. The Balaban J connectivity index is 0.00000116. The van der Waals surface area contributed by atoms with Crippen molar-refractivity contribution in [1.82, 2.24) is 9.80 Å². The molecule has 0 heterocycles. The van der Waals surface area contributed by atoms with Gasteiger partial charge in [0.2, 0.25) is 0 Å². The van der Waals surface area contributed by atoms with Crippen molar-refractivity contribution < 1.29 is 47.6 Å². The van der Waals surface area contributed by atoms with Crippen molar-refractivity contribution in [3.05, 3.63) is 217 Å². The second-order valence-electron chi connectivity index (χ2n) is 20.9. The van der Waals surface area contributed by atoms with E-state index in [2.05, 4.69) is 114 Å². The van der Waals surface area contributed by atoms with E-state index in [1.54, 1.807) is 67.6 Å². The van der Waals surface area contributed by atoms with Gasteiger partial charge in [-0.05, 0) is 227 Å². The third kappa shape index (κ3) is 46.9. The maximum atomic E-state index is 12.0. The highest BCUT2D eigenvalue weighted by molar-refractivity contribution is 14.1. The fraction of sp³-hybridized carbons (Fsp3) is 0.370. The second kappa shape index (κ2) is 55.3. The van der Waals surface area contributed by atoms with Crippen LogP contribution in [0.4, 0.5) is 28.4 Å². The summed E-state index contributed by atoms with van der Waals surface area (Å²) in [5, 5.41) is 65.9. The summed E-state index contributed by atoms with van der Waals surface area (Å²) < 4.78 is 30.0. The standard InChI is InChI=1S/C19H19NO5S.C14H18N2O2.C14H20N2.C12H13NO3.C6H4INO2.C6H10O.C2H6O/c1-16-7-13-19(14-8-16)26(23,24)25-15-5-3-2-4-6-17-9-11-18(12-10-17)20(21)22;1-15(2)12-6-4-3-5-7-13-8-10-14(11-9-13)16(17)18;1-16(2)12-6-4-3-5-7-13-8-10-14(15)11-9-13;14-10-4-2-1-3-5-11-6-8-12(9-7-11)13(15)16;7-5-1-3-6(4-2-5)8(9)10;1-2-3-4-5-6-7;1-2-3/h7-14H,2-3,5,15H2,1H3;8-11H,3-4,6,12H2,1-2H3;8-11H,3-4,6,12,15H2,1-2H3;6-9,14H,1-2,4,10H2;1-4H;1,7H,3-6H2;3H,2H2,1H3. The molecular formula is C73H90IN7O14S. The van der Waals surface area contributed by atoms with Crippen LogP contribution < -0.4 is 5.73 Å². The second-order valence-corrected chi connectivity index (χ2v) is 23.8. The van der Waals surface area contributed by atoms with E-state index in [4.69, 9.17) is 31.7 Å². The number of hydrogen-bond acceptors (Lipinski definition) is 17. The molecule has 0 saturated heterocycles. The van der Waals surface area contributed by atoms with Crippen LogP contribution in [0.3, 0.4) is 0 Å². The summed E-state index contributed by atoms with van der Waals surface area (Å²) in [4.78, 5) is 44.3. The van der Waals surface area contributed by atoms with Crippen LogP contribution in [0.25, 0.3) is 0 Å². The molecule has 0 bridgehead atoms. The number of unbranched alkanes of at least 4 members (excludes halogenated alkanes) is 10. The molecule has 96 heavy (non-hydrogen) atoms. The van der Waals surface area contributed by atoms with E-state index in [-0.39, 0.29) is 54.1 Å². The van der Waals surface area contributed by atoms with Crippen LogP contribution in [0.15, 0.2) is 150 Å². The molecule has 23 heteroatoms. The van der Waals surface area contributed by atoms with Crippen LogP contribution in [-0.4, -0.2) is 121 Å². The fourth-order valence-corrected chi connectivity index (χ4v) is 8.29. The number of halogens is 1. The minimum absolute atomic E-state index is 0.0301. The molecule has 0 unspecified atom stereocenters. The summed E-state index contributed by atoms with van der Waals surface area (Å²) in [7, 11) is 4.60. The summed E-state index contributed by atoms with van der Waals surface area (Å²) in [5.74, 6) is 26.7. The molecule has 6 aromatic rings. The van der Waals surface area contributed by atoms with Gasteiger partial charge in [-0.2, -0.15) is 8.42 Å². The summed E-state index contributed by atoms with van der Waals surface area (Å²) >= 11 is 2.10. The molecule has 0 spiro atoms. The number of terminal acetylenes is 1. The first-order valence-electron chi connectivity index (χ1n) is 30.9. The lowest BCUT2D eigenvalue weighted by molar-refractivity contribution is -0.385. The SMILES string of the molecule is C#CCCCCO.CCO.CN(C)CCCCC#Cc1ccc(N)cc1.CN(C)CCCCC#Cc1ccc([N+](=O)[O-])cc1.Cc1ccc(S(=O)(=O)OCCCCC#Cc2ccc([N+](=O)[O-])cc2)cc1.O=[N+]([O-])c1ccc(C#CCCCCO)cc1.O=[N+]([O-])c1ccc(I)cc1. The molecule has 0 aliphatic rings. The molecule has 0 amide bonds. The number of aliphatic hydroxyl groups is 3. The van der Waals surface area contributed by atoms with Crippen molar-refractivity contribution in [2.24, 2.45) is 0 Å². The van der Waals surface area contributed by atoms with Crippen LogP contribution in [-0.2, 0) is 14.3 Å². The average molecular weight is 1450 g/mol. The molecule has 6 aromatic carbocycles. The average Bonchev–Trinajstić information content (AvgIpc) is 0.949. The van der Waals surface area contributed by atoms with Crippen molar-refractivity contribution in [3.63, 3.8) is 0 Å². The number of anilines is 1. The number of hydrogen-bond donors (Lipinski definition) is 4. The van der Waals surface area contributed by atoms with Crippen molar-refractivity contribution in [2.75, 3.05) is 73.4 Å². The summed E-state index contributed by atoms with van der Waals surface area (Å²) in [6.45, 7) is 6.61. The van der Waals surface area contributed by atoms with Gasteiger partial charge in [0, 0.05) is 132 Å². The van der Waals surface area contributed by atoms with Gasteiger partial charge in [0.1, 0.15) is 0 Å². The fourth-order valence-electron chi connectivity index (χ4n) is 6.99. The predicted octanol–water partition coefficient (Wildman–Crippen LogP) is 14.0. The third-order valence-corrected chi connectivity index (χ3v) is 14.2. The first-order chi connectivity index (χ1) is 45.9. The summed E-state index contributed by atoms with van der Waals surface area (Å²) in [5.41, 5.74) is 11.1. The number of benzene rings is 6. The monoisotopic (exact) mass is 1450 g/mol. The molecule has 0 fully saturated rings. The number of rotatable bonds is 24. The number of nitro groups is 4. The Labute approximate surface area is 580 Å². The Morgan fingerprint density at radius 2 is 0.760 bits per heavy atom. The van der Waals surface area contributed by atoms with E-state index in [1.165, 1.54) is 73.5 Å². The van der Waals surface area contributed by atoms with Crippen molar-refractivity contribution in [1.29, 1.82) is 0 Å². The van der Waals surface area contributed by atoms with Gasteiger partial charge in [0.25, 0.3) is 32.9 Å². The van der Waals surface area contributed by atoms with Crippen LogP contribution in [0.2, 0.25) is 0 Å². The Hall–Kier alpha value is -9.04. The Morgan fingerprint density at radius 1 is 0.469 bits per heavy atom. The highest BCUT2D eigenvalue weighted by atomic mass is 127. The molecule has 0 atom stereocenters. The van der Waals surface area contributed by atoms with Crippen LogP contribution in [0.1, 0.15) is 131 Å². The largest absolute Gasteiger partial charge is 0.399 e. The maximum absolute atomic E-state index is 12.0. The third-order valence-electron chi connectivity index (χ3n) is 12.1. The number of non-ortho nitro benzene ring substituents is 4. The smallest absolute Gasteiger partial charge is 0.296 e. The highest BCUT2D eigenvalue weighted by Gasteiger charge is 2.14. The van der Waals surface area contributed by atoms with Crippen LogP contribution >= 0.6 is 22.6 Å². The lowest BCUT2D eigenvalue weighted by Gasteiger charge is -2.06. The van der Waals surface area contributed by atoms with Crippen LogP contribution in [0.5, 0.6) is 0 Å². The zero-order valence-corrected chi connectivity index (χ0v) is 58.6. The van der Waals surface area contributed by atoms with Gasteiger partial charge in [-0.25, -0.2) is 0 Å². The zero-order valence-electron chi connectivity index (χ0n) is 55.7. The first-order valence-corrected chi connectivity index (χ1v) is 33.4. The molecule has 6 rings (SSSR count). The minimum Gasteiger partial charge on any atom is -0.399 e. The number of nitrogens with zero attached hydrogens (tertiary/aromatic N) is 6. The lowest BCUT2D eigenvalue weighted by atomic mass is 10.2. The molecule has 0 saturated carbocycles. The highest BCUT2D eigenvalue weighted by Crippen LogP contribution is 2.17. The van der Waals surface area contributed by atoms with Crippen molar-refractivity contribution >= 4 is 61.1 Å². The first kappa shape index (κ1) is 87.0. The quantitative estimate of drug-likeness (QED) is 0.00832. The van der Waals surface area contributed by atoms with Gasteiger partial charge >= 0.3 is 0 Å². The van der Waals surface area contributed by atoms with Gasteiger partial charge in [0.15, 0.2) is 0 Å². The van der Waals surface area contributed by atoms with E-state index in [0.29, 0.717) is 24.8 Å². The molecule has 5 N–H and O–H groups in total. The van der Waals surface area contributed by atoms with Crippen molar-refractivity contribution in [2.45, 2.75) is 115 Å². The van der Waals surface area contributed by atoms with E-state index in [9.17, 15) is 48.9 Å². The number of nitrogens with two attached hydrogens (primary N) is 1. The number of nitrogen functional groups attached to an aromatic ring is 1. The molecule has 0 aliphatic heterocycles. The van der Waals surface area contributed by atoms with Gasteiger partial charge in [-0.3, -0.25) is 44.6 Å². The van der Waals surface area contributed by atoms with Gasteiger partial charge in [-0.15, -0.1) is 12.3 Å². The zero-order chi connectivity index (χ0) is 71.8. The Morgan fingerprint density at radius 3 is 1.06 bits per heavy atom. The summed E-state index contributed by atoms with van der Waals surface area (Å²) in [6, 6.07) is 39.1. The number of aliphatic hydroxyl groups excluding tert-OH is 3. The van der Waals surface area contributed by atoms with Crippen LogP contribution in [0, 0.1) is 111 Å². The molecule has 0 aromatic heterocycles. The normalized spacial score (nSPS) is 9.74. The number of nitro benzene ring substituents is 4. The van der Waals surface area contributed by atoms with E-state index in [1.807, 2.05) is 31.2 Å². The molecule has 0 radical (unpaired) electrons. The predicted molar refractivity (Wildman–Crippen MR) is 390 cm³/mol. The van der Waals surface area contributed by atoms with Gasteiger partial charge in [0.05, 0.1) is 31.2 Å². The summed E-state index contributed by atoms with van der Waals surface area (Å²) in [6.07, 6.45) is 18.2. The van der Waals surface area contributed by atoms with E-state index < -0.39 is 29.8 Å². The maximum Gasteiger partial charge on any atom is 0.296 e. The Bertz CT molecular complexity index is 3580. The Kier molecular flexibility index (Phi) is 50.1. The van der Waals surface area contributed by atoms with Gasteiger partial charge in [-0.1, -0.05) is 65.1 Å². The van der Waals surface area contributed by atoms with Gasteiger partial charge < -0.3 is 30.9 Å². The molecular weight excluding hydrogens is 1360 g/mol. The van der Waals surface area contributed by atoms with E-state index >= 15 is 0 Å². The minimum atomic E-state index is -3.71. The molecule has 514 valence electrons. The molecule has 0 aliphatic carbocycles. The van der Waals surface area contributed by atoms with E-state index in [0.717, 1.165) is 109 Å². The topological polar surface area (TPSA) is 309 Å².